The van der Waals surface area contributed by atoms with Crippen molar-refractivity contribution in [1.29, 1.82) is 0 Å². The fourth-order valence-electron chi connectivity index (χ4n) is 2.31. The van der Waals surface area contributed by atoms with Crippen molar-refractivity contribution < 1.29 is 9.90 Å². The van der Waals surface area contributed by atoms with Gasteiger partial charge in [0.15, 0.2) is 0 Å². The number of carboxylic acid groups (broad SMARTS) is 1. The van der Waals surface area contributed by atoms with Gasteiger partial charge in [-0.05, 0) is 36.5 Å². The lowest BCUT2D eigenvalue weighted by Gasteiger charge is -2.08. The molecular weight excluding hydrogens is 271 g/mol. The highest BCUT2D eigenvalue weighted by Gasteiger charge is 2.18. The van der Waals surface area contributed by atoms with Crippen LogP contribution in [0, 0.1) is 5.92 Å². The van der Waals surface area contributed by atoms with Crippen LogP contribution in [0.5, 0.6) is 0 Å². The maximum absolute atomic E-state index is 11.3. The Labute approximate surface area is 116 Å². The monoisotopic (exact) mass is 284 g/mol. The molecule has 1 aromatic rings. The first-order chi connectivity index (χ1) is 8.58. The van der Waals surface area contributed by atoms with Gasteiger partial charge in [-0.1, -0.05) is 48.2 Å². The van der Waals surface area contributed by atoms with Gasteiger partial charge in [-0.3, -0.25) is 0 Å². The van der Waals surface area contributed by atoms with Crippen molar-refractivity contribution in [3.05, 3.63) is 39.9 Å². The van der Waals surface area contributed by atoms with E-state index in [9.17, 15) is 9.90 Å². The van der Waals surface area contributed by atoms with E-state index >= 15 is 0 Å². The molecule has 0 heterocycles. The van der Waals surface area contributed by atoms with E-state index in [4.69, 9.17) is 23.2 Å². The molecule has 1 fully saturated rings. The first-order valence-electron chi connectivity index (χ1n) is 5.98. The number of halogens is 2. The van der Waals surface area contributed by atoms with Crippen LogP contribution in [0.3, 0.4) is 0 Å². The highest BCUT2D eigenvalue weighted by Crippen LogP contribution is 2.31. The van der Waals surface area contributed by atoms with E-state index in [0.29, 0.717) is 27.1 Å². The van der Waals surface area contributed by atoms with Crippen LogP contribution in [0.2, 0.25) is 10.0 Å². The van der Waals surface area contributed by atoms with Gasteiger partial charge in [0, 0.05) is 0 Å². The Bertz CT molecular complexity index is 489. The van der Waals surface area contributed by atoms with Crippen LogP contribution < -0.4 is 0 Å². The van der Waals surface area contributed by atoms with Crippen LogP contribution in [0.25, 0.3) is 5.57 Å². The predicted octanol–water partition coefficient (Wildman–Crippen LogP) is 4.65. The van der Waals surface area contributed by atoms with Crippen molar-refractivity contribution >= 4 is 34.7 Å². The van der Waals surface area contributed by atoms with Gasteiger partial charge in [-0.25, -0.2) is 4.79 Å². The Morgan fingerprint density at radius 3 is 2.44 bits per heavy atom. The van der Waals surface area contributed by atoms with Crippen molar-refractivity contribution in [2.75, 3.05) is 0 Å². The third-order valence-electron chi connectivity index (χ3n) is 3.26. The Balaban J connectivity index is 2.34. The highest BCUT2D eigenvalue weighted by molar-refractivity contribution is 6.42. The number of hydrogen-bond acceptors (Lipinski definition) is 1. The van der Waals surface area contributed by atoms with Crippen molar-refractivity contribution in [1.82, 2.24) is 0 Å². The summed E-state index contributed by atoms with van der Waals surface area (Å²) in [5.74, 6) is -0.550. The topological polar surface area (TPSA) is 37.3 Å². The highest BCUT2D eigenvalue weighted by atomic mass is 35.5. The van der Waals surface area contributed by atoms with Crippen molar-refractivity contribution in [3.63, 3.8) is 0 Å². The van der Waals surface area contributed by atoms with Crippen LogP contribution in [-0.2, 0) is 4.79 Å². The van der Waals surface area contributed by atoms with Crippen LogP contribution in [0.4, 0.5) is 0 Å². The first kappa shape index (κ1) is 13.4. The molecule has 18 heavy (non-hydrogen) atoms. The minimum absolute atomic E-state index is 0.320. The van der Waals surface area contributed by atoms with Gasteiger partial charge in [0.2, 0.25) is 0 Å². The smallest absolute Gasteiger partial charge is 0.335 e. The second-order valence-corrected chi connectivity index (χ2v) is 5.37. The van der Waals surface area contributed by atoms with Crippen LogP contribution in [0.1, 0.15) is 31.2 Å². The maximum atomic E-state index is 11.3. The van der Waals surface area contributed by atoms with E-state index in [1.54, 1.807) is 18.2 Å². The molecule has 0 atom stereocenters. The molecule has 4 heteroatoms. The molecule has 1 aromatic carbocycles. The Morgan fingerprint density at radius 2 is 1.89 bits per heavy atom. The average Bonchev–Trinajstić information content (AvgIpc) is 2.82. The quantitative estimate of drug-likeness (QED) is 0.821. The minimum Gasteiger partial charge on any atom is -0.478 e. The SMILES string of the molecule is O=C(O)/C(=C/C1CCCC1)c1ccc(Cl)c(Cl)c1. The van der Waals surface area contributed by atoms with Gasteiger partial charge in [-0.15, -0.1) is 0 Å². The van der Waals surface area contributed by atoms with Gasteiger partial charge >= 0.3 is 5.97 Å². The molecule has 96 valence electrons. The lowest BCUT2D eigenvalue weighted by atomic mass is 9.99. The fourth-order valence-corrected chi connectivity index (χ4v) is 2.61. The summed E-state index contributed by atoms with van der Waals surface area (Å²) in [5, 5.41) is 10.1. The number of rotatable bonds is 3. The van der Waals surface area contributed by atoms with E-state index in [1.807, 2.05) is 6.08 Å². The molecule has 0 radical (unpaired) electrons. The summed E-state index contributed by atoms with van der Waals surface area (Å²) in [4.78, 5) is 11.3. The number of aliphatic carboxylic acids is 1. The molecular formula is C14H14Cl2O2. The second kappa shape index (κ2) is 5.77. The summed E-state index contributed by atoms with van der Waals surface area (Å²) in [5.41, 5.74) is 0.935. The number of carboxylic acids is 1. The summed E-state index contributed by atoms with van der Waals surface area (Å²) >= 11 is 11.8. The van der Waals surface area contributed by atoms with Crippen molar-refractivity contribution in [3.8, 4) is 0 Å². The largest absolute Gasteiger partial charge is 0.478 e. The van der Waals surface area contributed by atoms with Crippen LogP contribution in [0.15, 0.2) is 24.3 Å². The standard InChI is InChI=1S/C14H14Cl2O2/c15-12-6-5-10(8-13(12)16)11(14(17)18)7-9-3-1-2-4-9/h5-9H,1-4H2,(H,17,18)/b11-7+. The summed E-state index contributed by atoms with van der Waals surface area (Å²) in [6.45, 7) is 0. The summed E-state index contributed by atoms with van der Waals surface area (Å²) < 4.78 is 0. The zero-order valence-corrected chi connectivity index (χ0v) is 11.3. The molecule has 2 nitrogen and oxygen atoms in total. The van der Waals surface area contributed by atoms with E-state index in [0.717, 1.165) is 12.8 Å². The molecule has 1 N–H and O–H groups in total. The number of benzene rings is 1. The molecule has 0 unspecified atom stereocenters. The van der Waals surface area contributed by atoms with E-state index in [-0.39, 0.29) is 0 Å². The first-order valence-corrected chi connectivity index (χ1v) is 6.74. The normalized spacial score (nSPS) is 17.1. The fraction of sp³-hybridized carbons (Fsp3) is 0.357. The van der Waals surface area contributed by atoms with Crippen molar-refractivity contribution in [2.45, 2.75) is 25.7 Å². The predicted molar refractivity (Wildman–Crippen MR) is 74.0 cm³/mol. The van der Waals surface area contributed by atoms with Crippen LogP contribution in [-0.4, -0.2) is 11.1 Å². The molecule has 0 aromatic heterocycles. The zero-order chi connectivity index (χ0) is 13.1. The molecule has 0 amide bonds. The van der Waals surface area contributed by atoms with Gasteiger partial charge < -0.3 is 5.11 Å². The zero-order valence-electron chi connectivity index (χ0n) is 9.83. The summed E-state index contributed by atoms with van der Waals surface area (Å²) in [6.07, 6.45) is 6.34. The second-order valence-electron chi connectivity index (χ2n) is 4.56. The van der Waals surface area contributed by atoms with Gasteiger partial charge in [0.05, 0.1) is 15.6 Å². The number of allylic oxidation sites excluding steroid dienone is 1. The van der Waals surface area contributed by atoms with Gasteiger partial charge in [-0.2, -0.15) is 0 Å². The molecule has 0 spiro atoms. The third kappa shape index (κ3) is 3.06. The molecule has 1 saturated carbocycles. The average molecular weight is 285 g/mol. The molecule has 0 bridgehead atoms. The Hall–Kier alpha value is -0.990. The van der Waals surface area contributed by atoms with Crippen molar-refractivity contribution in [2.24, 2.45) is 5.92 Å². The van der Waals surface area contributed by atoms with Gasteiger partial charge in [0.1, 0.15) is 0 Å². The maximum Gasteiger partial charge on any atom is 0.335 e. The molecule has 0 aliphatic heterocycles. The van der Waals surface area contributed by atoms with Gasteiger partial charge in [0.25, 0.3) is 0 Å². The third-order valence-corrected chi connectivity index (χ3v) is 4.00. The Morgan fingerprint density at radius 1 is 1.22 bits per heavy atom. The van der Waals surface area contributed by atoms with E-state index < -0.39 is 5.97 Å². The molecule has 0 saturated heterocycles. The summed E-state index contributed by atoms with van der Waals surface area (Å²) in [6, 6.07) is 4.94. The summed E-state index contributed by atoms with van der Waals surface area (Å²) in [7, 11) is 0. The number of hydrogen-bond donors (Lipinski definition) is 1. The molecule has 1 aliphatic carbocycles. The van der Waals surface area contributed by atoms with E-state index in [2.05, 4.69) is 0 Å². The number of carbonyl (C=O) groups is 1. The lowest BCUT2D eigenvalue weighted by molar-refractivity contribution is -0.130. The van der Waals surface area contributed by atoms with Crippen LogP contribution >= 0.6 is 23.2 Å². The minimum atomic E-state index is -0.916. The molecule has 2 rings (SSSR count). The van der Waals surface area contributed by atoms with E-state index in [1.165, 1.54) is 12.8 Å². The molecule has 1 aliphatic rings. The lowest BCUT2D eigenvalue weighted by Crippen LogP contribution is -2.02. The Kier molecular flexibility index (Phi) is 4.31.